The van der Waals surface area contributed by atoms with E-state index >= 15 is 0 Å². The van der Waals surface area contributed by atoms with Gasteiger partial charge in [-0.2, -0.15) is 0 Å². The second-order valence-electron chi connectivity index (χ2n) is 26.2. The quantitative estimate of drug-likeness (QED) is 0.163. The third-order valence-corrected chi connectivity index (χ3v) is 18.1. The largest absolute Gasteiger partial charge is 0.311 e. The lowest BCUT2D eigenvalue weighted by Gasteiger charge is -2.47. The van der Waals surface area contributed by atoms with E-state index in [4.69, 9.17) is 0 Å². The highest BCUT2D eigenvalue weighted by Gasteiger charge is 2.50. The van der Waals surface area contributed by atoms with Crippen LogP contribution in [0.2, 0.25) is 0 Å². The summed E-state index contributed by atoms with van der Waals surface area (Å²) in [6.45, 7) is 35.8. The molecular weight excluding hydrogens is 808 g/mol. The predicted molar refractivity (Wildman–Crippen MR) is 290 cm³/mol. The maximum absolute atomic E-state index is 9.23. The van der Waals surface area contributed by atoms with Gasteiger partial charge < -0.3 is 9.80 Å². The normalized spacial score (nSPS) is 21.3. The van der Waals surface area contributed by atoms with Crippen molar-refractivity contribution in [1.29, 1.82) is 0 Å². The van der Waals surface area contributed by atoms with Gasteiger partial charge in [0, 0.05) is 43.7 Å². The molecule has 0 amide bonds. The van der Waals surface area contributed by atoms with Crippen molar-refractivity contribution in [2.45, 2.75) is 181 Å². The van der Waals surface area contributed by atoms with Gasteiger partial charge in [-0.25, -0.2) is 0 Å². The molecule has 0 spiro atoms. The second kappa shape index (κ2) is 13.8. The van der Waals surface area contributed by atoms with Crippen LogP contribution in [0.3, 0.4) is 0 Å². The van der Waals surface area contributed by atoms with Crippen molar-refractivity contribution in [1.82, 2.24) is 0 Å². The van der Waals surface area contributed by atoms with Crippen LogP contribution in [0.15, 0.2) is 97.1 Å². The van der Waals surface area contributed by atoms with Crippen molar-refractivity contribution in [3.8, 4) is 0 Å². The molecule has 0 atom stereocenters. The molecule has 0 fully saturated rings. The SMILES string of the molecule is [2H]C([2H])([2H])c1cc2c3c(c1)N(c1ccc4c(c1C)C(C)(C)CCC4(C)C)c1ccc(C(C)(C)c4ccccc4)cc1B3c1cc3c(cc1N2c1cc2c(cc1C)C(C)(C)CC2(C)C)C(C)(C)CC3(C)C. The zero-order valence-electron chi connectivity index (χ0n) is 46.5. The van der Waals surface area contributed by atoms with Crippen molar-refractivity contribution < 1.29 is 4.11 Å². The number of benzene rings is 6. The minimum absolute atomic E-state index is 0.0280. The molecule has 2 nitrogen and oxygen atoms in total. The van der Waals surface area contributed by atoms with Crippen LogP contribution in [0, 0.1) is 20.7 Å². The van der Waals surface area contributed by atoms with Gasteiger partial charge in [0.25, 0.3) is 6.71 Å². The number of fused-ring (bicyclic) bond motifs is 7. The molecule has 3 aliphatic carbocycles. The summed E-state index contributed by atoms with van der Waals surface area (Å²) in [5, 5.41) is 0. The Morgan fingerprint density at radius 1 is 0.478 bits per heavy atom. The van der Waals surface area contributed by atoms with Gasteiger partial charge in [-0.15, -0.1) is 0 Å². The average molecular weight is 886 g/mol. The summed E-state index contributed by atoms with van der Waals surface area (Å²) in [4.78, 5) is 5.00. The first-order valence-electron chi connectivity index (χ1n) is 26.9. The Labute approximate surface area is 408 Å². The molecule has 2 heterocycles. The van der Waals surface area contributed by atoms with Gasteiger partial charge in [-0.3, -0.25) is 0 Å². The van der Waals surface area contributed by atoms with Crippen LogP contribution in [-0.2, 0) is 37.9 Å². The van der Waals surface area contributed by atoms with Crippen molar-refractivity contribution in [2.75, 3.05) is 9.80 Å². The van der Waals surface area contributed by atoms with E-state index in [0.717, 1.165) is 59.8 Å². The molecule has 0 aromatic heterocycles. The summed E-state index contributed by atoms with van der Waals surface area (Å²) in [6, 6.07) is 37.1. The summed E-state index contributed by atoms with van der Waals surface area (Å²) in [7, 11) is 0. The zero-order chi connectivity index (χ0) is 50.4. The summed E-state index contributed by atoms with van der Waals surface area (Å²) in [6.07, 6.45) is 4.36. The predicted octanol–water partition coefficient (Wildman–Crippen LogP) is 15.3. The van der Waals surface area contributed by atoms with E-state index in [1.807, 2.05) is 6.07 Å². The Kier molecular flexibility index (Phi) is 8.46. The lowest BCUT2D eigenvalue weighted by Crippen LogP contribution is -2.62. The molecule has 11 rings (SSSR count). The van der Waals surface area contributed by atoms with Gasteiger partial charge in [0.2, 0.25) is 0 Å². The highest BCUT2D eigenvalue weighted by atomic mass is 15.2. The van der Waals surface area contributed by atoms with Crippen molar-refractivity contribution in [3.63, 3.8) is 0 Å². The number of nitrogens with zero attached hydrogens (tertiary/aromatic N) is 2. The lowest BCUT2D eigenvalue weighted by molar-refractivity contribution is 0.330. The van der Waals surface area contributed by atoms with Crippen LogP contribution in [-0.4, -0.2) is 6.71 Å². The molecule has 6 aromatic rings. The third-order valence-electron chi connectivity index (χ3n) is 18.1. The van der Waals surface area contributed by atoms with Crippen LogP contribution >= 0.6 is 0 Å². The number of aryl methyl sites for hydroxylation is 2. The average Bonchev–Trinajstić information content (AvgIpc) is 3.57. The lowest BCUT2D eigenvalue weighted by atomic mass is 9.33. The Hall–Kier alpha value is -5.02. The van der Waals surface area contributed by atoms with E-state index in [0.29, 0.717) is 5.56 Å². The summed E-state index contributed by atoms with van der Waals surface area (Å²) >= 11 is 0. The fourth-order valence-electron chi connectivity index (χ4n) is 15.0. The monoisotopic (exact) mass is 886 g/mol. The molecule has 0 saturated carbocycles. The van der Waals surface area contributed by atoms with E-state index in [1.54, 1.807) is 0 Å². The van der Waals surface area contributed by atoms with Crippen LogP contribution in [0.5, 0.6) is 0 Å². The molecule has 3 heteroatoms. The summed E-state index contributed by atoms with van der Waals surface area (Å²) in [5.74, 6) is 0. The van der Waals surface area contributed by atoms with Crippen molar-refractivity contribution in [2.24, 2.45) is 0 Å². The molecule has 67 heavy (non-hydrogen) atoms. The van der Waals surface area contributed by atoms with E-state index < -0.39 is 6.85 Å². The Balaban J connectivity index is 1.30. The number of hydrogen-bond donors (Lipinski definition) is 0. The smallest absolute Gasteiger partial charge is 0.252 e. The minimum Gasteiger partial charge on any atom is -0.311 e. The first-order valence-corrected chi connectivity index (χ1v) is 25.4. The van der Waals surface area contributed by atoms with Gasteiger partial charge in [0.1, 0.15) is 0 Å². The number of hydrogen-bond acceptors (Lipinski definition) is 2. The molecule has 0 N–H and O–H groups in total. The van der Waals surface area contributed by atoms with Gasteiger partial charge in [0.15, 0.2) is 0 Å². The Morgan fingerprint density at radius 3 is 1.61 bits per heavy atom. The molecular formula is C64H75BN2. The van der Waals surface area contributed by atoms with Crippen LogP contribution < -0.4 is 26.2 Å². The number of rotatable bonds is 4. The molecule has 0 unspecified atom stereocenters. The molecule has 0 radical (unpaired) electrons. The molecule has 344 valence electrons. The molecule has 6 aromatic carbocycles. The van der Waals surface area contributed by atoms with E-state index in [1.165, 1.54) is 72.0 Å². The summed E-state index contributed by atoms with van der Waals surface area (Å²) in [5.41, 5.74) is 23.7. The first-order chi connectivity index (χ1) is 32.4. The third kappa shape index (κ3) is 6.27. The fraction of sp³-hybridized carbons (Fsp3) is 0.438. The molecule has 0 saturated heterocycles. The van der Waals surface area contributed by atoms with E-state index in [2.05, 4.69) is 212 Å². The zero-order valence-corrected chi connectivity index (χ0v) is 43.5. The molecule has 0 bridgehead atoms. The standard InChI is InChI=1S/C64H75BN2/c1-38-29-54-57-55(30-38)67(52-34-46-44(31-39(52)2)60(8,9)36-62(46,12)13)53-35-47-45(61(10,11)37-63(47,14)15)33-49(53)65(57)48-32-42(64(16,17)41-21-19-18-20-22-41)23-25-51(48)66(54)50-26-24-43-56(40(50)3)59(6,7)28-27-58(43,4)5/h18-26,29-35H,27-28,36-37H2,1-17H3/i1D3. The number of anilines is 6. The van der Waals surface area contributed by atoms with Crippen molar-refractivity contribution in [3.05, 3.63) is 158 Å². The minimum atomic E-state index is -2.36. The highest BCUT2D eigenvalue weighted by molar-refractivity contribution is 7.00. The molecule has 5 aliphatic rings. The fourth-order valence-corrected chi connectivity index (χ4v) is 15.0. The van der Waals surface area contributed by atoms with E-state index in [9.17, 15) is 4.11 Å². The van der Waals surface area contributed by atoms with Crippen LogP contribution in [0.4, 0.5) is 34.1 Å². The van der Waals surface area contributed by atoms with Gasteiger partial charge >= 0.3 is 0 Å². The Morgan fingerprint density at radius 2 is 1.00 bits per heavy atom. The summed E-state index contributed by atoms with van der Waals surface area (Å²) < 4.78 is 27.7. The van der Waals surface area contributed by atoms with Crippen LogP contribution in [0.1, 0.15) is 188 Å². The maximum atomic E-state index is 9.23. The Bertz CT molecular complexity index is 3220. The van der Waals surface area contributed by atoms with Crippen LogP contribution in [0.25, 0.3) is 0 Å². The second-order valence-corrected chi connectivity index (χ2v) is 26.2. The van der Waals surface area contributed by atoms with Gasteiger partial charge in [0.05, 0.1) is 0 Å². The first kappa shape index (κ1) is 41.0. The van der Waals surface area contributed by atoms with E-state index in [-0.39, 0.29) is 44.6 Å². The van der Waals surface area contributed by atoms with Crippen molar-refractivity contribution >= 4 is 57.2 Å². The topological polar surface area (TPSA) is 6.48 Å². The maximum Gasteiger partial charge on any atom is 0.252 e. The molecule has 2 aliphatic heterocycles. The van der Waals surface area contributed by atoms with Gasteiger partial charge in [-0.1, -0.05) is 158 Å². The highest BCUT2D eigenvalue weighted by Crippen LogP contribution is 2.57. The van der Waals surface area contributed by atoms with Gasteiger partial charge in [-0.05, 0) is 193 Å².